The van der Waals surface area contributed by atoms with Crippen molar-refractivity contribution < 1.29 is 17.9 Å². The van der Waals surface area contributed by atoms with E-state index >= 15 is 0 Å². The highest BCUT2D eigenvalue weighted by molar-refractivity contribution is 7.89. The van der Waals surface area contributed by atoms with Crippen LogP contribution in [-0.4, -0.2) is 38.3 Å². The maximum Gasteiger partial charge on any atom is 0.257 e. The lowest BCUT2D eigenvalue weighted by molar-refractivity contribution is 0.102. The maximum absolute atomic E-state index is 12.8. The van der Waals surface area contributed by atoms with E-state index in [9.17, 15) is 13.2 Å². The summed E-state index contributed by atoms with van der Waals surface area (Å²) in [6, 6.07) is 9.32. The number of sulfonamides is 1. The van der Waals surface area contributed by atoms with Crippen molar-refractivity contribution in [3.63, 3.8) is 0 Å². The Labute approximate surface area is 184 Å². The molecule has 30 heavy (non-hydrogen) atoms. The summed E-state index contributed by atoms with van der Waals surface area (Å²) < 4.78 is 32.4. The van der Waals surface area contributed by atoms with Gasteiger partial charge in [0.1, 0.15) is 5.75 Å². The summed E-state index contributed by atoms with van der Waals surface area (Å²) in [5, 5.41) is 2.98. The lowest BCUT2D eigenvalue weighted by atomic mass is 10.1. The highest BCUT2D eigenvalue weighted by Gasteiger charge is 2.25. The zero-order valence-electron chi connectivity index (χ0n) is 18.0. The smallest absolute Gasteiger partial charge is 0.257 e. The number of aryl methyl sites for hydroxylation is 1. The van der Waals surface area contributed by atoms with Gasteiger partial charge in [0.2, 0.25) is 10.0 Å². The zero-order chi connectivity index (χ0) is 22.5. The quantitative estimate of drug-likeness (QED) is 0.536. The van der Waals surface area contributed by atoms with Crippen molar-refractivity contribution in [2.24, 2.45) is 0 Å². The third-order valence-electron chi connectivity index (χ3n) is 4.80. The number of halogens is 1. The number of unbranched alkanes of at least 4 members (excludes halogenated alkanes) is 1. The van der Waals surface area contributed by atoms with E-state index in [-0.39, 0.29) is 21.5 Å². The molecule has 1 N–H and O–H groups in total. The fourth-order valence-electron chi connectivity index (χ4n) is 2.67. The van der Waals surface area contributed by atoms with Gasteiger partial charge in [0.15, 0.2) is 0 Å². The summed E-state index contributed by atoms with van der Waals surface area (Å²) in [7, 11) is -2.23. The van der Waals surface area contributed by atoms with Gasteiger partial charge in [-0.3, -0.25) is 4.79 Å². The molecule has 0 fully saturated rings. The number of nitrogens with one attached hydrogen (secondary N) is 1. The molecule has 0 heterocycles. The molecule has 0 aliphatic rings. The average Bonchev–Trinajstić information content (AvgIpc) is 2.69. The van der Waals surface area contributed by atoms with Gasteiger partial charge in [-0.2, -0.15) is 4.31 Å². The number of rotatable bonds is 9. The highest BCUT2D eigenvalue weighted by Crippen LogP contribution is 2.26. The first-order valence-electron chi connectivity index (χ1n) is 9.90. The number of amides is 1. The Kier molecular flexibility index (Phi) is 8.29. The molecule has 0 spiro atoms. The second-order valence-corrected chi connectivity index (χ2v) is 9.79. The topological polar surface area (TPSA) is 75.7 Å². The molecule has 8 heteroatoms. The van der Waals surface area contributed by atoms with Crippen LogP contribution in [0.3, 0.4) is 0 Å². The summed E-state index contributed by atoms with van der Waals surface area (Å²) in [6.45, 7) is 8.16. The largest absolute Gasteiger partial charge is 0.494 e. The Bertz CT molecular complexity index is 1010. The SMILES string of the molecule is CCCCOc1ccc(NC(=O)c2cc(S(=O)(=O)N(C)C(C)C)ccc2Cl)c(C)c1. The monoisotopic (exact) mass is 452 g/mol. The number of ether oxygens (including phenoxy) is 1. The van der Waals surface area contributed by atoms with Crippen molar-refractivity contribution in [2.75, 3.05) is 19.0 Å². The van der Waals surface area contributed by atoms with Gasteiger partial charge >= 0.3 is 0 Å². The number of nitrogens with zero attached hydrogens (tertiary/aromatic N) is 1. The zero-order valence-corrected chi connectivity index (χ0v) is 19.6. The molecule has 2 aromatic carbocycles. The van der Waals surface area contributed by atoms with Crippen LogP contribution in [0.4, 0.5) is 5.69 Å². The Morgan fingerprint density at radius 2 is 1.90 bits per heavy atom. The minimum absolute atomic E-state index is 0.0182. The fourth-order valence-corrected chi connectivity index (χ4v) is 4.27. The Hall–Kier alpha value is -2.09. The van der Waals surface area contributed by atoms with Crippen molar-refractivity contribution in [1.82, 2.24) is 4.31 Å². The second kappa shape index (κ2) is 10.3. The van der Waals surface area contributed by atoms with Crippen molar-refractivity contribution in [3.05, 3.63) is 52.5 Å². The van der Waals surface area contributed by atoms with Crippen LogP contribution in [0.1, 0.15) is 49.5 Å². The van der Waals surface area contributed by atoms with Gasteiger partial charge in [-0.25, -0.2) is 8.42 Å². The van der Waals surface area contributed by atoms with Crippen LogP contribution in [-0.2, 0) is 10.0 Å². The lowest BCUT2D eigenvalue weighted by Gasteiger charge is -2.21. The van der Waals surface area contributed by atoms with Gasteiger partial charge in [-0.05, 0) is 69.2 Å². The molecule has 0 radical (unpaired) electrons. The van der Waals surface area contributed by atoms with Crippen molar-refractivity contribution in [1.29, 1.82) is 0 Å². The number of carbonyl (C=O) groups is 1. The molecule has 6 nitrogen and oxygen atoms in total. The van der Waals surface area contributed by atoms with E-state index in [1.54, 1.807) is 26.0 Å². The summed E-state index contributed by atoms with van der Waals surface area (Å²) in [5.74, 6) is 0.258. The first-order valence-corrected chi connectivity index (χ1v) is 11.7. The molecule has 2 aromatic rings. The predicted molar refractivity (Wildman–Crippen MR) is 121 cm³/mol. The van der Waals surface area contributed by atoms with E-state index < -0.39 is 15.9 Å². The summed E-state index contributed by atoms with van der Waals surface area (Å²) in [6.07, 6.45) is 2.02. The van der Waals surface area contributed by atoms with Crippen LogP contribution in [0.2, 0.25) is 5.02 Å². The molecule has 0 aromatic heterocycles. The molecule has 0 unspecified atom stereocenters. The van der Waals surface area contributed by atoms with Gasteiger partial charge in [-0.15, -0.1) is 0 Å². The third-order valence-corrected chi connectivity index (χ3v) is 7.16. The van der Waals surface area contributed by atoms with Crippen LogP contribution < -0.4 is 10.1 Å². The normalized spacial score (nSPS) is 11.7. The fraction of sp³-hybridized carbons (Fsp3) is 0.409. The molecule has 0 aliphatic carbocycles. The van der Waals surface area contributed by atoms with Crippen LogP contribution >= 0.6 is 11.6 Å². The second-order valence-electron chi connectivity index (χ2n) is 7.39. The number of carbonyl (C=O) groups excluding carboxylic acids is 1. The summed E-state index contributed by atoms with van der Waals surface area (Å²) in [4.78, 5) is 12.8. The van der Waals surface area contributed by atoms with Crippen LogP contribution in [0.5, 0.6) is 5.75 Å². The average molecular weight is 453 g/mol. The van der Waals surface area contributed by atoms with E-state index in [1.807, 2.05) is 13.0 Å². The Morgan fingerprint density at radius 1 is 1.20 bits per heavy atom. The van der Waals surface area contributed by atoms with Gasteiger partial charge < -0.3 is 10.1 Å². The van der Waals surface area contributed by atoms with Crippen molar-refractivity contribution >= 4 is 33.2 Å². The molecule has 0 saturated carbocycles. The highest BCUT2D eigenvalue weighted by atomic mass is 35.5. The lowest BCUT2D eigenvalue weighted by Crippen LogP contribution is -2.33. The molecular formula is C22H29ClN2O4S. The van der Waals surface area contributed by atoms with E-state index in [0.29, 0.717) is 12.3 Å². The molecule has 2 rings (SSSR count). The van der Waals surface area contributed by atoms with E-state index in [0.717, 1.165) is 24.2 Å². The maximum atomic E-state index is 12.8. The standard InChI is InChI=1S/C22H29ClN2O4S/c1-6-7-12-29-17-8-11-21(16(4)13-17)24-22(26)19-14-18(9-10-20(19)23)30(27,28)25(5)15(2)3/h8-11,13-15H,6-7,12H2,1-5H3,(H,24,26). The van der Waals surface area contributed by atoms with Gasteiger partial charge in [0.05, 0.1) is 22.1 Å². The molecule has 0 bridgehead atoms. The van der Waals surface area contributed by atoms with Crippen molar-refractivity contribution in [2.45, 2.75) is 51.5 Å². The van der Waals surface area contributed by atoms with Crippen LogP contribution in [0, 0.1) is 6.92 Å². The van der Waals surface area contributed by atoms with E-state index in [4.69, 9.17) is 16.3 Å². The van der Waals surface area contributed by atoms with Gasteiger partial charge in [0.25, 0.3) is 5.91 Å². The van der Waals surface area contributed by atoms with Gasteiger partial charge in [0, 0.05) is 18.8 Å². The molecule has 0 atom stereocenters. The molecule has 0 saturated heterocycles. The first kappa shape index (κ1) is 24.2. The molecular weight excluding hydrogens is 424 g/mol. The van der Waals surface area contributed by atoms with E-state index in [1.165, 1.54) is 29.6 Å². The minimum atomic E-state index is -3.73. The Morgan fingerprint density at radius 3 is 2.50 bits per heavy atom. The number of anilines is 1. The first-order chi connectivity index (χ1) is 14.1. The number of hydrogen-bond donors (Lipinski definition) is 1. The number of hydrogen-bond acceptors (Lipinski definition) is 4. The van der Waals surface area contributed by atoms with E-state index in [2.05, 4.69) is 12.2 Å². The molecule has 1 amide bonds. The predicted octanol–water partition coefficient (Wildman–Crippen LogP) is 5.11. The van der Waals surface area contributed by atoms with Gasteiger partial charge in [-0.1, -0.05) is 24.9 Å². The minimum Gasteiger partial charge on any atom is -0.494 e. The molecule has 164 valence electrons. The number of benzene rings is 2. The third kappa shape index (κ3) is 5.74. The van der Waals surface area contributed by atoms with Crippen LogP contribution in [0.15, 0.2) is 41.3 Å². The van der Waals surface area contributed by atoms with Crippen LogP contribution in [0.25, 0.3) is 0 Å². The summed E-state index contributed by atoms with van der Waals surface area (Å²) >= 11 is 6.20. The Balaban J connectivity index is 2.25. The molecule has 0 aliphatic heterocycles. The summed E-state index contributed by atoms with van der Waals surface area (Å²) in [5.41, 5.74) is 1.53. The van der Waals surface area contributed by atoms with Crippen molar-refractivity contribution in [3.8, 4) is 5.75 Å².